The van der Waals surface area contributed by atoms with Gasteiger partial charge in [0.05, 0.1) is 17.8 Å². The molecule has 0 saturated carbocycles. The molecule has 1 aromatic rings. The first-order valence-corrected chi connectivity index (χ1v) is 7.15. The van der Waals surface area contributed by atoms with Gasteiger partial charge in [-0.25, -0.2) is 4.39 Å². The third-order valence-electron chi connectivity index (χ3n) is 4.07. The van der Waals surface area contributed by atoms with E-state index in [0.29, 0.717) is 17.8 Å². The van der Waals surface area contributed by atoms with E-state index in [4.69, 9.17) is 14.0 Å². The molecule has 3 nitrogen and oxygen atoms in total. The molecule has 1 saturated heterocycles. The number of hydrogen-bond donors (Lipinski definition) is 0. The fraction of sp³-hybridized carbons (Fsp3) is 0.500. The molecule has 1 aliphatic heterocycles. The largest absolute Gasteiger partial charge is 0.497 e. The molecule has 1 heterocycles. The Morgan fingerprint density at radius 3 is 2.38 bits per heavy atom. The van der Waals surface area contributed by atoms with Crippen molar-refractivity contribution in [3.63, 3.8) is 0 Å². The summed E-state index contributed by atoms with van der Waals surface area (Å²) >= 11 is 0. The van der Waals surface area contributed by atoms with Gasteiger partial charge in [0.15, 0.2) is 0 Å². The lowest BCUT2D eigenvalue weighted by molar-refractivity contribution is 0.00578. The van der Waals surface area contributed by atoms with Crippen LogP contribution in [0.3, 0.4) is 0 Å². The van der Waals surface area contributed by atoms with Crippen molar-refractivity contribution in [2.75, 3.05) is 6.61 Å². The van der Waals surface area contributed by atoms with Crippen LogP contribution >= 0.6 is 0 Å². The van der Waals surface area contributed by atoms with Crippen molar-refractivity contribution in [3.05, 3.63) is 36.7 Å². The first kappa shape index (κ1) is 16.1. The van der Waals surface area contributed by atoms with Gasteiger partial charge in [0.25, 0.3) is 0 Å². The monoisotopic (exact) mass is 292 g/mol. The van der Waals surface area contributed by atoms with Gasteiger partial charge in [0.1, 0.15) is 11.6 Å². The molecular formula is C16H22BFO3. The molecule has 0 radical (unpaired) electrons. The molecule has 0 unspecified atom stereocenters. The molecule has 0 aromatic heterocycles. The van der Waals surface area contributed by atoms with Gasteiger partial charge in [-0.3, -0.25) is 0 Å². The predicted octanol–water partition coefficient (Wildman–Crippen LogP) is 3.08. The summed E-state index contributed by atoms with van der Waals surface area (Å²) in [5.41, 5.74) is -0.573. The standard InChI is InChI=1S/C16H22BFO3/c1-6-7-10-19-12-8-9-13(14(18)11-12)17-20-15(2,3)16(4,5)21-17/h6,8-9,11H,1,7,10H2,2-5H3. The van der Waals surface area contributed by atoms with E-state index in [9.17, 15) is 4.39 Å². The maximum absolute atomic E-state index is 14.3. The summed E-state index contributed by atoms with van der Waals surface area (Å²) in [5.74, 6) is 0.110. The van der Waals surface area contributed by atoms with Gasteiger partial charge < -0.3 is 14.0 Å². The Morgan fingerprint density at radius 1 is 1.24 bits per heavy atom. The number of benzene rings is 1. The van der Waals surface area contributed by atoms with E-state index in [1.54, 1.807) is 18.2 Å². The Balaban J connectivity index is 2.13. The van der Waals surface area contributed by atoms with Crippen LogP contribution in [0.5, 0.6) is 5.75 Å². The molecule has 1 aliphatic rings. The van der Waals surface area contributed by atoms with Crippen LogP contribution in [0.15, 0.2) is 30.9 Å². The summed E-state index contributed by atoms with van der Waals surface area (Å²) in [6, 6.07) is 4.75. The summed E-state index contributed by atoms with van der Waals surface area (Å²) in [6.45, 7) is 11.9. The third kappa shape index (κ3) is 3.30. The Kier molecular flexibility index (Phi) is 4.44. The van der Waals surface area contributed by atoms with Crippen molar-refractivity contribution < 1.29 is 18.4 Å². The smallest absolute Gasteiger partial charge is 0.493 e. The molecule has 0 bridgehead atoms. The van der Waals surface area contributed by atoms with Crippen LogP contribution in [-0.2, 0) is 9.31 Å². The lowest BCUT2D eigenvalue weighted by atomic mass is 9.78. The van der Waals surface area contributed by atoms with Crippen LogP contribution < -0.4 is 10.2 Å². The lowest BCUT2D eigenvalue weighted by Gasteiger charge is -2.32. The molecule has 0 aliphatic carbocycles. The van der Waals surface area contributed by atoms with E-state index < -0.39 is 18.3 Å². The average Bonchev–Trinajstić information content (AvgIpc) is 2.58. The van der Waals surface area contributed by atoms with Gasteiger partial charge in [-0.1, -0.05) is 12.1 Å². The number of hydrogen-bond acceptors (Lipinski definition) is 3. The molecular weight excluding hydrogens is 270 g/mol. The van der Waals surface area contributed by atoms with Crippen molar-refractivity contribution in [3.8, 4) is 5.75 Å². The van der Waals surface area contributed by atoms with Gasteiger partial charge in [-0.05, 0) is 40.2 Å². The first-order chi connectivity index (χ1) is 9.77. The van der Waals surface area contributed by atoms with Crippen molar-refractivity contribution in [1.82, 2.24) is 0 Å². The molecule has 0 spiro atoms. The quantitative estimate of drug-likeness (QED) is 0.474. The van der Waals surface area contributed by atoms with E-state index in [0.717, 1.165) is 6.42 Å². The minimum atomic E-state index is -0.697. The molecule has 2 rings (SSSR count). The fourth-order valence-corrected chi connectivity index (χ4v) is 2.02. The zero-order valence-electron chi connectivity index (χ0n) is 13.1. The Labute approximate surface area is 126 Å². The Bertz CT molecular complexity index is 512. The molecule has 5 heteroatoms. The Morgan fingerprint density at radius 2 is 1.86 bits per heavy atom. The molecule has 1 aromatic carbocycles. The zero-order chi connectivity index (χ0) is 15.7. The van der Waals surface area contributed by atoms with Gasteiger partial charge in [0.2, 0.25) is 0 Å². The molecule has 0 atom stereocenters. The second-order valence-corrected chi connectivity index (χ2v) is 6.20. The van der Waals surface area contributed by atoms with Crippen molar-refractivity contribution in [2.24, 2.45) is 0 Å². The molecule has 0 N–H and O–H groups in total. The van der Waals surface area contributed by atoms with Crippen LogP contribution in [-0.4, -0.2) is 24.9 Å². The van der Waals surface area contributed by atoms with Crippen LogP contribution in [0.1, 0.15) is 34.1 Å². The minimum Gasteiger partial charge on any atom is -0.493 e. The first-order valence-electron chi connectivity index (χ1n) is 7.15. The van der Waals surface area contributed by atoms with E-state index in [1.165, 1.54) is 6.07 Å². The average molecular weight is 292 g/mol. The summed E-state index contributed by atoms with van der Waals surface area (Å²) in [4.78, 5) is 0. The maximum atomic E-state index is 14.3. The third-order valence-corrected chi connectivity index (χ3v) is 4.07. The molecule has 1 fully saturated rings. The molecule has 21 heavy (non-hydrogen) atoms. The van der Waals surface area contributed by atoms with Crippen LogP contribution in [0, 0.1) is 5.82 Å². The number of halogens is 1. The second kappa shape index (κ2) is 5.81. The van der Waals surface area contributed by atoms with E-state index in [-0.39, 0.29) is 5.82 Å². The normalized spacial score (nSPS) is 19.6. The highest BCUT2D eigenvalue weighted by molar-refractivity contribution is 6.62. The SMILES string of the molecule is C=CCCOc1ccc(B2OC(C)(C)C(C)(C)O2)c(F)c1. The number of ether oxygens (including phenoxy) is 1. The minimum absolute atomic E-state index is 0.385. The predicted molar refractivity (Wildman–Crippen MR) is 82.4 cm³/mol. The van der Waals surface area contributed by atoms with Crippen LogP contribution in [0.4, 0.5) is 4.39 Å². The van der Waals surface area contributed by atoms with Gasteiger partial charge in [-0.2, -0.15) is 0 Å². The Hall–Kier alpha value is -1.33. The maximum Gasteiger partial charge on any atom is 0.497 e. The highest BCUT2D eigenvalue weighted by atomic mass is 19.1. The summed E-state index contributed by atoms with van der Waals surface area (Å²) in [5, 5.41) is 0. The van der Waals surface area contributed by atoms with Gasteiger partial charge in [0, 0.05) is 11.5 Å². The lowest BCUT2D eigenvalue weighted by Crippen LogP contribution is -2.41. The molecule has 0 amide bonds. The summed E-state index contributed by atoms with van der Waals surface area (Å²) in [6.07, 6.45) is 2.48. The van der Waals surface area contributed by atoms with Crippen LogP contribution in [0.25, 0.3) is 0 Å². The van der Waals surface area contributed by atoms with E-state index >= 15 is 0 Å². The highest BCUT2D eigenvalue weighted by Crippen LogP contribution is 2.36. The zero-order valence-corrected chi connectivity index (χ0v) is 13.1. The van der Waals surface area contributed by atoms with Crippen molar-refractivity contribution in [2.45, 2.75) is 45.3 Å². The van der Waals surface area contributed by atoms with E-state index in [1.807, 2.05) is 27.7 Å². The highest BCUT2D eigenvalue weighted by Gasteiger charge is 2.52. The molecule has 114 valence electrons. The summed E-state index contributed by atoms with van der Waals surface area (Å²) in [7, 11) is -0.697. The summed E-state index contributed by atoms with van der Waals surface area (Å²) < 4.78 is 31.4. The van der Waals surface area contributed by atoms with Gasteiger partial charge in [-0.15, -0.1) is 6.58 Å². The number of rotatable bonds is 5. The van der Waals surface area contributed by atoms with Crippen molar-refractivity contribution in [1.29, 1.82) is 0 Å². The topological polar surface area (TPSA) is 27.7 Å². The van der Waals surface area contributed by atoms with Crippen LogP contribution in [0.2, 0.25) is 0 Å². The van der Waals surface area contributed by atoms with E-state index in [2.05, 4.69) is 6.58 Å². The van der Waals surface area contributed by atoms with Crippen molar-refractivity contribution >= 4 is 12.6 Å². The van der Waals surface area contributed by atoms with Gasteiger partial charge >= 0.3 is 7.12 Å². The second-order valence-electron chi connectivity index (χ2n) is 6.20. The fourth-order valence-electron chi connectivity index (χ4n) is 2.02.